The molecule has 4 nitrogen and oxygen atoms in total. The highest BCUT2D eigenvalue weighted by atomic mass is 35.5. The van der Waals surface area contributed by atoms with Gasteiger partial charge in [0.05, 0.1) is 12.1 Å². The summed E-state index contributed by atoms with van der Waals surface area (Å²) in [5.41, 5.74) is 0.969. The van der Waals surface area contributed by atoms with Gasteiger partial charge in [-0.2, -0.15) is 0 Å². The lowest BCUT2D eigenvalue weighted by Crippen LogP contribution is -2.26. The maximum absolute atomic E-state index is 10.6. The Balaban J connectivity index is 2.52. The van der Waals surface area contributed by atoms with E-state index in [1.54, 1.807) is 19.2 Å². The Morgan fingerprint density at radius 1 is 1.56 bits per heavy atom. The molecular weight excluding hydrogens is 230 g/mol. The average molecular weight is 242 g/mol. The molecule has 0 aliphatic rings. The molecule has 1 rings (SSSR count). The Kier molecular flexibility index (Phi) is 4.79. The average Bonchev–Trinajstić information content (AvgIpc) is 2.29. The number of ether oxygens (including phenoxy) is 1. The minimum atomic E-state index is -0.611. The fraction of sp³-hybridized carbons (Fsp3) is 0.273. The first-order valence-electron chi connectivity index (χ1n) is 4.72. The summed E-state index contributed by atoms with van der Waals surface area (Å²) in [7, 11) is 1.55. The van der Waals surface area contributed by atoms with Crippen LogP contribution in [0.4, 0.5) is 0 Å². The molecule has 5 heteroatoms. The molecule has 0 aromatic heterocycles. The van der Waals surface area contributed by atoms with Crippen LogP contribution in [0.2, 0.25) is 5.02 Å². The van der Waals surface area contributed by atoms with E-state index in [0.717, 1.165) is 5.56 Å². The Hall–Kier alpha value is -1.55. The number of hydrogen-bond donors (Lipinski definition) is 1. The molecule has 0 saturated heterocycles. The molecule has 0 spiro atoms. The first-order valence-corrected chi connectivity index (χ1v) is 5.10. The number of halogens is 1. The zero-order chi connectivity index (χ0) is 12.0. The van der Waals surface area contributed by atoms with E-state index >= 15 is 0 Å². The van der Waals surface area contributed by atoms with Crippen molar-refractivity contribution in [3.63, 3.8) is 0 Å². The number of hydrogen-bond acceptors (Lipinski definition) is 3. The van der Waals surface area contributed by atoms with Gasteiger partial charge in [-0.1, -0.05) is 17.7 Å². The van der Waals surface area contributed by atoms with Crippen molar-refractivity contribution in [3.8, 4) is 5.75 Å². The molecule has 1 N–H and O–H groups in total. The number of carbonyl (C=O) groups excluding carboxylic acids is 2. The minimum absolute atomic E-state index is 0.251. The first-order chi connectivity index (χ1) is 7.67. The smallest absolute Gasteiger partial charge is 0.284 e. The van der Waals surface area contributed by atoms with Crippen molar-refractivity contribution in [3.05, 3.63) is 28.8 Å². The van der Waals surface area contributed by atoms with Crippen LogP contribution in [0.3, 0.4) is 0 Å². The van der Waals surface area contributed by atoms with Gasteiger partial charge in [0.25, 0.3) is 5.91 Å². The van der Waals surface area contributed by atoms with E-state index in [-0.39, 0.29) is 6.29 Å². The number of rotatable bonds is 5. The van der Waals surface area contributed by atoms with Crippen LogP contribution in [0.5, 0.6) is 5.75 Å². The third-order valence-corrected chi connectivity index (χ3v) is 2.33. The summed E-state index contributed by atoms with van der Waals surface area (Å²) >= 11 is 5.93. The molecule has 1 amide bonds. The Bertz CT molecular complexity index is 393. The molecular formula is C11H12ClNO3. The van der Waals surface area contributed by atoms with Gasteiger partial charge < -0.3 is 10.1 Å². The first kappa shape index (κ1) is 12.5. The van der Waals surface area contributed by atoms with Gasteiger partial charge in [-0.05, 0) is 24.1 Å². The summed E-state index contributed by atoms with van der Waals surface area (Å²) in [4.78, 5) is 20.7. The second-order valence-electron chi connectivity index (χ2n) is 3.13. The zero-order valence-electron chi connectivity index (χ0n) is 8.83. The van der Waals surface area contributed by atoms with Crippen LogP contribution in [0.25, 0.3) is 0 Å². The summed E-state index contributed by atoms with van der Waals surface area (Å²) in [6, 6.07) is 5.39. The van der Waals surface area contributed by atoms with Crippen molar-refractivity contribution in [2.24, 2.45) is 0 Å². The third kappa shape index (κ3) is 3.55. The number of carbonyl (C=O) groups is 2. The maximum atomic E-state index is 10.6. The molecule has 0 aliphatic heterocycles. The van der Waals surface area contributed by atoms with E-state index in [0.29, 0.717) is 23.7 Å². The van der Waals surface area contributed by atoms with Crippen molar-refractivity contribution in [2.75, 3.05) is 13.7 Å². The van der Waals surface area contributed by atoms with Crippen LogP contribution in [0.15, 0.2) is 18.2 Å². The Morgan fingerprint density at radius 2 is 2.31 bits per heavy atom. The molecule has 1 aromatic carbocycles. The SMILES string of the molecule is COc1ccc(CCNC(=O)C=O)cc1Cl. The van der Waals surface area contributed by atoms with Crippen LogP contribution >= 0.6 is 11.6 Å². The summed E-state index contributed by atoms with van der Waals surface area (Å²) in [5, 5.41) is 2.98. The summed E-state index contributed by atoms with van der Waals surface area (Å²) in [6.07, 6.45) is 0.865. The number of methoxy groups -OCH3 is 1. The van der Waals surface area contributed by atoms with E-state index in [1.807, 2.05) is 6.07 Å². The van der Waals surface area contributed by atoms with Crippen molar-refractivity contribution in [2.45, 2.75) is 6.42 Å². The monoisotopic (exact) mass is 241 g/mol. The lowest BCUT2D eigenvalue weighted by molar-refractivity contribution is -0.131. The summed E-state index contributed by atoms with van der Waals surface area (Å²) < 4.78 is 5.01. The largest absolute Gasteiger partial charge is 0.495 e. The molecule has 0 heterocycles. The molecule has 16 heavy (non-hydrogen) atoms. The van der Waals surface area contributed by atoms with Gasteiger partial charge in [0.2, 0.25) is 6.29 Å². The predicted molar refractivity (Wildman–Crippen MR) is 60.8 cm³/mol. The van der Waals surface area contributed by atoms with Gasteiger partial charge in [-0.15, -0.1) is 0 Å². The normalized spacial score (nSPS) is 9.62. The van der Waals surface area contributed by atoms with Gasteiger partial charge in [-0.3, -0.25) is 9.59 Å². The second-order valence-corrected chi connectivity index (χ2v) is 3.53. The molecule has 0 aliphatic carbocycles. The van der Waals surface area contributed by atoms with Gasteiger partial charge in [0, 0.05) is 6.54 Å². The maximum Gasteiger partial charge on any atom is 0.284 e. The number of aldehydes is 1. The lowest BCUT2D eigenvalue weighted by atomic mass is 10.1. The summed E-state index contributed by atoms with van der Waals surface area (Å²) in [5.74, 6) is 0.00181. The Labute approximate surface area is 98.5 Å². The van der Waals surface area contributed by atoms with Crippen molar-refractivity contribution < 1.29 is 14.3 Å². The molecule has 1 aromatic rings. The molecule has 0 radical (unpaired) electrons. The fourth-order valence-corrected chi connectivity index (χ4v) is 1.52. The van der Waals surface area contributed by atoms with Crippen LogP contribution in [-0.2, 0) is 16.0 Å². The van der Waals surface area contributed by atoms with Crippen molar-refractivity contribution >= 4 is 23.8 Å². The lowest BCUT2D eigenvalue weighted by Gasteiger charge is -2.06. The van der Waals surface area contributed by atoms with Gasteiger partial charge >= 0.3 is 0 Å². The second kappa shape index (κ2) is 6.12. The highest BCUT2D eigenvalue weighted by molar-refractivity contribution is 6.32. The zero-order valence-corrected chi connectivity index (χ0v) is 9.58. The van der Waals surface area contributed by atoms with E-state index in [4.69, 9.17) is 16.3 Å². The quantitative estimate of drug-likeness (QED) is 0.623. The van der Waals surface area contributed by atoms with Crippen molar-refractivity contribution in [1.29, 1.82) is 0 Å². The number of amides is 1. The van der Waals surface area contributed by atoms with Gasteiger partial charge in [0.1, 0.15) is 5.75 Å². The van der Waals surface area contributed by atoms with Crippen LogP contribution in [0, 0.1) is 0 Å². The Morgan fingerprint density at radius 3 is 2.88 bits per heavy atom. The van der Waals surface area contributed by atoms with E-state index in [2.05, 4.69) is 5.32 Å². The molecule has 0 fully saturated rings. The topological polar surface area (TPSA) is 55.4 Å². The number of benzene rings is 1. The third-order valence-electron chi connectivity index (χ3n) is 2.04. The molecule has 0 saturated carbocycles. The molecule has 86 valence electrons. The van der Waals surface area contributed by atoms with Crippen LogP contribution < -0.4 is 10.1 Å². The minimum Gasteiger partial charge on any atom is -0.495 e. The molecule has 0 bridgehead atoms. The fourth-order valence-electron chi connectivity index (χ4n) is 1.24. The van der Waals surface area contributed by atoms with E-state index < -0.39 is 5.91 Å². The van der Waals surface area contributed by atoms with Gasteiger partial charge in [-0.25, -0.2) is 0 Å². The highest BCUT2D eigenvalue weighted by Crippen LogP contribution is 2.24. The van der Waals surface area contributed by atoms with Gasteiger partial charge in [0.15, 0.2) is 0 Å². The highest BCUT2D eigenvalue weighted by Gasteiger charge is 2.02. The summed E-state index contributed by atoms with van der Waals surface area (Å²) in [6.45, 7) is 0.403. The van der Waals surface area contributed by atoms with Crippen molar-refractivity contribution in [1.82, 2.24) is 5.32 Å². The number of nitrogens with one attached hydrogen (secondary N) is 1. The van der Waals surface area contributed by atoms with E-state index in [1.165, 1.54) is 0 Å². The van der Waals surface area contributed by atoms with E-state index in [9.17, 15) is 9.59 Å². The molecule has 0 unspecified atom stereocenters. The van der Waals surface area contributed by atoms with Crippen LogP contribution in [0.1, 0.15) is 5.56 Å². The standard InChI is InChI=1S/C11H12ClNO3/c1-16-10-3-2-8(6-9(10)12)4-5-13-11(15)7-14/h2-3,6-7H,4-5H2,1H3,(H,13,15). The predicted octanol–water partition coefficient (Wildman–Crippen LogP) is 1.21. The van der Waals surface area contributed by atoms with Crippen LogP contribution in [-0.4, -0.2) is 25.8 Å². The molecule has 0 atom stereocenters.